The van der Waals surface area contributed by atoms with E-state index in [0.29, 0.717) is 24.8 Å². The predicted octanol–water partition coefficient (Wildman–Crippen LogP) is 5.02. The Balaban J connectivity index is 0.00000123. The number of rotatable bonds is 6. The Labute approximate surface area is 152 Å². The van der Waals surface area contributed by atoms with Gasteiger partial charge in [0.25, 0.3) is 0 Å². The maximum absolute atomic E-state index is 13.6. The van der Waals surface area contributed by atoms with E-state index in [1.54, 1.807) is 6.07 Å². The maximum Gasteiger partial charge on any atom is 0.142 e. The summed E-state index contributed by atoms with van der Waals surface area (Å²) in [7, 11) is 0. The predicted molar refractivity (Wildman–Crippen MR) is 103 cm³/mol. The van der Waals surface area contributed by atoms with Gasteiger partial charge >= 0.3 is 0 Å². The molecule has 0 atom stereocenters. The molecular weight excluding hydrogens is 327 g/mol. The largest absolute Gasteiger partial charge is 0.493 e. The minimum atomic E-state index is -0.395. The Morgan fingerprint density at radius 1 is 1.21 bits per heavy atom. The van der Waals surface area contributed by atoms with Gasteiger partial charge in [-0.2, -0.15) is 0 Å². The van der Waals surface area contributed by atoms with Crippen molar-refractivity contribution in [3.63, 3.8) is 0 Å². The highest BCUT2D eigenvalue weighted by Crippen LogP contribution is 2.26. The first-order valence-corrected chi connectivity index (χ1v) is 9.60. The third kappa shape index (κ3) is 8.32. The first-order chi connectivity index (χ1) is 11.7. The van der Waals surface area contributed by atoms with E-state index in [-0.39, 0.29) is 5.02 Å². The second-order valence-electron chi connectivity index (χ2n) is 5.13. The first-order valence-electron chi connectivity index (χ1n) is 9.23. The van der Waals surface area contributed by atoms with Gasteiger partial charge in [-0.25, -0.2) is 4.39 Å². The van der Waals surface area contributed by atoms with Crippen molar-refractivity contribution in [3.8, 4) is 5.75 Å². The Bertz CT molecular complexity index is 438. The molecule has 0 aromatic heterocycles. The second-order valence-corrected chi connectivity index (χ2v) is 5.54. The molecule has 1 aromatic rings. The fourth-order valence-corrected chi connectivity index (χ4v) is 2.65. The molecule has 5 heteroatoms. The molecular formula is C19H34ClFN2O. The van der Waals surface area contributed by atoms with Crippen LogP contribution < -0.4 is 15.4 Å². The van der Waals surface area contributed by atoms with Crippen LogP contribution in [0, 0.1) is 11.7 Å². The summed E-state index contributed by atoms with van der Waals surface area (Å²) in [6.45, 7) is 14.2. The number of hydrogen-bond acceptors (Lipinski definition) is 3. The monoisotopic (exact) mass is 360 g/mol. The molecule has 1 aliphatic heterocycles. The van der Waals surface area contributed by atoms with Gasteiger partial charge in [0.1, 0.15) is 11.6 Å². The summed E-state index contributed by atoms with van der Waals surface area (Å²) in [4.78, 5) is 0. The van der Waals surface area contributed by atoms with Gasteiger partial charge in [-0.15, -0.1) is 0 Å². The molecule has 0 aliphatic carbocycles. The molecule has 24 heavy (non-hydrogen) atoms. The van der Waals surface area contributed by atoms with E-state index in [1.807, 2.05) is 34.6 Å². The van der Waals surface area contributed by atoms with Crippen LogP contribution in [0.1, 0.15) is 53.0 Å². The van der Waals surface area contributed by atoms with Crippen LogP contribution in [0.25, 0.3) is 0 Å². The van der Waals surface area contributed by atoms with E-state index < -0.39 is 5.82 Å². The second kappa shape index (κ2) is 14.5. The number of hydrogen-bond donors (Lipinski definition) is 2. The molecule has 0 amide bonds. The summed E-state index contributed by atoms with van der Waals surface area (Å²) in [5.41, 5.74) is 0.822. The third-order valence-corrected chi connectivity index (χ3v) is 3.90. The summed E-state index contributed by atoms with van der Waals surface area (Å²) in [6, 6.07) is 3.02. The van der Waals surface area contributed by atoms with Crippen molar-refractivity contribution >= 4 is 11.6 Å². The summed E-state index contributed by atoms with van der Waals surface area (Å²) in [5, 5.41) is 6.86. The number of halogens is 2. The van der Waals surface area contributed by atoms with Crippen molar-refractivity contribution in [1.82, 2.24) is 10.6 Å². The smallest absolute Gasteiger partial charge is 0.142 e. The van der Waals surface area contributed by atoms with Crippen molar-refractivity contribution < 1.29 is 9.13 Å². The van der Waals surface area contributed by atoms with Crippen molar-refractivity contribution in [2.24, 2.45) is 5.92 Å². The van der Waals surface area contributed by atoms with Crippen LogP contribution in [-0.4, -0.2) is 26.2 Å². The number of ether oxygens (including phenoxy) is 1. The molecule has 0 radical (unpaired) electrons. The quantitative estimate of drug-likeness (QED) is 0.747. The topological polar surface area (TPSA) is 33.3 Å². The van der Waals surface area contributed by atoms with Gasteiger partial charge in [-0.1, -0.05) is 39.3 Å². The summed E-state index contributed by atoms with van der Waals surface area (Å²) in [6.07, 6.45) is 2.39. The Kier molecular flexibility index (Phi) is 14.0. The summed E-state index contributed by atoms with van der Waals surface area (Å²) in [5.74, 6) is 0.967. The molecule has 2 N–H and O–H groups in total. The minimum Gasteiger partial charge on any atom is -0.493 e. The molecule has 1 aromatic carbocycles. The van der Waals surface area contributed by atoms with Gasteiger partial charge in [-0.05, 0) is 51.4 Å². The maximum atomic E-state index is 13.6. The van der Waals surface area contributed by atoms with Crippen molar-refractivity contribution in [2.45, 2.75) is 54.0 Å². The van der Waals surface area contributed by atoms with Crippen LogP contribution in [0.3, 0.4) is 0 Å². The zero-order chi connectivity index (χ0) is 18.4. The highest BCUT2D eigenvalue weighted by molar-refractivity contribution is 6.30. The molecule has 0 bridgehead atoms. The Hall–Kier alpha value is -0.840. The highest BCUT2D eigenvalue weighted by Gasteiger charge is 2.14. The lowest BCUT2D eigenvalue weighted by atomic mass is 9.98. The van der Waals surface area contributed by atoms with E-state index in [2.05, 4.69) is 10.6 Å². The van der Waals surface area contributed by atoms with Gasteiger partial charge in [0.2, 0.25) is 0 Å². The van der Waals surface area contributed by atoms with E-state index in [1.165, 1.54) is 18.9 Å². The molecule has 2 rings (SSSR count). The van der Waals surface area contributed by atoms with Gasteiger partial charge < -0.3 is 15.4 Å². The summed E-state index contributed by atoms with van der Waals surface area (Å²) < 4.78 is 19.1. The van der Waals surface area contributed by atoms with Gasteiger partial charge in [0.05, 0.1) is 11.6 Å². The Morgan fingerprint density at radius 2 is 1.83 bits per heavy atom. The molecule has 0 unspecified atom stereocenters. The highest BCUT2D eigenvalue weighted by atomic mass is 35.5. The zero-order valence-electron chi connectivity index (χ0n) is 15.8. The average Bonchev–Trinajstić information content (AvgIpc) is 2.63. The third-order valence-electron chi connectivity index (χ3n) is 3.61. The molecule has 1 aliphatic rings. The average molecular weight is 361 g/mol. The molecule has 140 valence electrons. The number of nitrogens with one attached hydrogen (secondary N) is 2. The SMILES string of the molecule is CC.CC.CCOc1cc(Cl)c(F)cc1CNCC1CCNCC1. The molecule has 1 saturated heterocycles. The minimum absolute atomic E-state index is 0.107. The van der Waals surface area contributed by atoms with Crippen molar-refractivity contribution in [1.29, 1.82) is 0 Å². The molecule has 0 spiro atoms. The van der Waals surface area contributed by atoms with Gasteiger partial charge in [0.15, 0.2) is 0 Å². The van der Waals surface area contributed by atoms with Crippen molar-refractivity contribution in [2.75, 3.05) is 26.2 Å². The normalized spacial score (nSPS) is 14.1. The number of benzene rings is 1. The lowest BCUT2D eigenvalue weighted by Crippen LogP contribution is -2.33. The number of piperidine rings is 1. The zero-order valence-corrected chi connectivity index (χ0v) is 16.6. The molecule has 1 heterocycles. The molecule has 3 nitrogen and oxygen atoms in total. The molecule has 1 fully saturated rings. The lowest BCUT2D eigenvalue weighted by molar-refractivity contribution is 0.330. The lowest BCUT2D eigenvalue weighted by Gasteiger charge is -2.23. The van der Waals surface area contributed by atoms with Crippen LogP contribution in [0.2, 0.25) is 5.02 Å². The van der Waals surface area contributed by atoms with Crippen LogP contribution in [0.5, 0.6) is 5.75 Å². The standard InChI is InChI=1S/C15H22ClFN2O.2C2H6/c1-2-20-15-8-13(16)14(17)7-12(15)10-19-9-11-3-5-18-6-4-11;2*1-2/h7-8,11,18-19H,2-6,9-10H2,1H3;2*1-2H3. The van der Waals surface area contributed by atoms with Gasteiger partial charge in [0, 0.05) is 18.2 Å². The van der Waals surface area contributed by atoms with Gasteiger partial charge in [-0.3, -0.25) is 0 Å². The van der Waals surface area contributed by atoms with Crippen molar-refractivity contribution in [3.05, 3.63) is 28.5 Å². The fourth-order valence-electron chi connectivity index (χ4n) is 2.49. The first kappa shape index (κ1) is 23.2. The van der Waals surface area contributed by atoms with E-state index >= 15 is 0 Å². The van der Waals surface area contributed by atoms with E-state index in [0.717, 1.165) is 25.2 Å². The van der Waals surface area contributed by atoms with Crippen LogP contribution in [0.15, 0.2) is 12.1 Å². The Morgan fingerprint density at radius 3 is 2.42 bits per heavy atom. The van der Waals surface area contributed by atoms with Crippen LogP contribution >= 0.6 is 11.6 Å². The fraction of sp³-hybridized carbons (Fsp3) is 0.684. The van der Waals surface area contributed by atoms with E-state index in [4.69, 9.17) is 16.3 Å². The molecule has 0 saturated carbocycles. The van der Waals surface area contributed by atoms with Crippen LogP contribution in [-0.2, 0) is 6.54 Å². The summed E-state index contributed by atoms with van der Waals surface area (Å²) >= 11 is 5.79. The van der Waals surface area contributed by atoms with E-state index in [9.17, 15) is 4.39 Å². The van der Waals surface area contributed by atoms with Crippen LogP contribution in [0.4, 0.5) is 4.39 Å².